The number of ether oxygens (including phenoxy) is 4. The van der Waals surface area contributed by atoms with E-state index in [0.717, 1.165) is 16.7 Å². The molecule has 1 aliphatic carbocycles. The summed E-state index contributed by atoms with van der Waals surface area (Å²) in [6.07, 6.45) is 1.31. The largest absolute Gasteiger partial charge is 0.493 e. The molecule has 0 spiro atoms. The van der Waals surface area contributed by atoms with Gasteiger partial charge in [-0.05, 0) is 36.1 Å². The molecular formula is C20H23NO5. The maximum atomic E-state index is 13.0. The van der Waals surface area contributed by atoms with Crippen molar-refractivity contribution in [2.75, 3.05) is 28.4 Å². The highest BCUT2D eigenvalue weighted by Crippen LogP contribution is 2.49. The van der Waals surface area contributed by atoms with Crippen molar-refractivity contribution in [3.05, 3.63) is 45.6 Å². The van der Waals surface area contributed by atoms with Gasteiger partial charge in [-0.3, -0.25) is 4.79 Å². The van der Waals surface area contributed by atoms with E-state index in [4.69, 9.17) is 24.7 Å². The van der Waals surface area contributed by atoms with Crippen molar-refractivity contribution in [3.63, 3.8) is 0 Å². The Kier molecular flexibility index (Phi) is 5.04. The molecule has 2 aromatic rings. The van der Waals surface area contributed by atoms with Gasteiger partial charge in [-0.2, -0.15) is 0 Å². The maximum Gasteiger partial charge on any atom is 0.225 e. The molecular weight excluding hydrogens is 334 g/mol. The first-order chi connectivity index (χ1) is 12.6. The van der Waals surface area contributed by atoms with E-state index >= 15 is 0 Å². The Balaban J connectivity index is 2.47. The van der Waals surface area contributed by atoms with Gasteiger partial charge in [0, 0.05) is 17.2 Å². The zero-order valence-corrected chi connectivity index (χ0v) is 15.4. The third-order valence-corrected chi connectivity index (χ3v) is 4.77. The Labute approximate surface area is 152 Å². The lowest BCUT2D eigenvalue weighted by Gasteiger charge is -2.19. The quantitative estimate of drug-likeness (QED) is 0.906. The average Bonchev–Trinajstić information content (AvgIpc) is 2.90. The summed E-state index contributed by atoms with van der Waals surface area (Å²) >= 11 is 0. The molecule has 1 unspecified atom stereocenters. The molecule has 2 N–H and O–H groups in total. The summed E-state index contributed by atoms with van der Waals surface area (Å²) in [6, 6.07) is 6.83. The third kappa shape index (κ3) is 2.76. The van der Waals surface area contributed by atoms with Gasteiger partial charge >= 0.3 is 0 Å². The second kappa shape index (κ2) is 7.25. The van der Waals surface area contributed by atoms with Crippen LogP contribution < -0.4 is 30.1 Å². The van der Waals surface area contributed by atoms with E-state index in [1.165, 1.54) is 7.11 Å². The highest BCUT2D eigenvalue weighted by Gasteiger charge is 2.29. The Morgan fingerprint density at radius 3 is 2.27 bits per heavy atom. The Bertz CT molecular complexity index is 894. The Morgan fingerprint density at radius 1 is 0.962 bits per heavy atom. The van der Waals surface area contributed by atoms with Crippen LogP contribution in [0.1, 0.15) is 23.6 Å². The van der Waals surface area contributed by atoms with E-state index in [9.17, 15) is 4.79 Å². The van der Waals surface area contributed by atoms with Gasteiger partial charge in [0.25, 0.3) is 0 Å². The first-order valence-corrected chi connectivity index (χ1v) is 8.36. The summed E-state index contributed by atoms with van der Waals surface area (Å²) in [6.45, 7) is 0. The van der Waals surface area contributed by atoms with Crippen LogP contribution in [0.3, 0.4) is 0 Å². The van der Waals surface area contributed by atoms with Crippen molar-refractivity contribution in [2.24, 2.45) is 5.73 Å². The van der Waals surface area contributed by atoms with E-state index in [0.29, 0.717) is 35.7 Å². The lowest BCUT2D eigenvalue weighted by atomic mass is 9.95. The molecule has 6 heteroatoms. The lowest BCUT2D eigenvalue weighted by Crippen LogP contribution is -2.20. The van der Waals surface area contributed by atoms with Gasteiger partial charge in [-0.25, -0.2) is 0 Å². The second-order valence-electron chi connectivity index (χ2n) is 6.08. The molecule has 1 atom stereocenters. The summed E-state index contributed by atoms with van der Waals surface area (Å²) in [5.74, 6) is 1.87. The molecule has 0 radical (unpaired) electrons. The summed E-state index contributed by atoms with van der Waals surface area (Å²) in [5, 5.41) is 0. The molecule has 1 aliphatic rings. The third-order valence-electron chi connectivity index (χ3n) is 4.77. The first-order valence-electron chi connectivity index (χ1n) is 8.36. The highest BCUT2D eigenvalue weighted by molar-refractivity contribution is 5.82. The zero-order valence-electron chi connectivity index (χ0n) is 15.4. The molecule has 0 aromatic heterocycles. The van der Waals surface area contributed by atoms with Crippen molar-refractivity contribution < 1.29 is 18.9 Å². The molecule has 0 amide bonds. The van der Waals surface area contributed by atoms with Crippen LogP contribution in [0.4, 0.5) is 0 Å². The van der Waals surface area contributed by atoms with Crippen LogP contribution >= 0.6 is 0 Å². The van der Waals surface area contributed by atoms with Gasteiger partial charge < -0.3 is 24.7 Å². The molecule has 26 heavy (non-hydrogen) atoms. The minimum atomic E-state index is -0.409. The summed E-state index contributed by atoms with van der Waals surface area (Å²) in [4.78, 5) is 13.0. The fourth-order valence-electron chi connectivity index (χ4n) is 3.55. The van der Waals surface area contributed by atoms with E-state index in [1.54, 1.807) is 33.5 Å². The van der Waals surface area contributed by atoms with Crippen LogP contribution in [0.5, 0.6) is 23.0 Å². The number of methoxy groups -OCH3 is 4. The van der Waals surface area contributed by atoms with E-state index in [-0.39, 0.29) is 11.2 Å². The summed E-state index contributed by atoms with van der Waals surface area (Å²) in [5.41, 5.74) is 9.24. The average molecular weight is 357 g/mol. The van der Waals surface area contributed by atoms with E-state index < -0.39 is 6.04 Å². The van der Waals surface area contributed by atoms with Crippen molar-refractivity contribution in [1.29, 1.82) is 0 Å². The number of hydrogen-bond acceptors (Lipinski definition) is 6. The second-order valence-corrected chi connectivity index (χ2v) is 6.08. The molecule has 2 aromatic carbocycles. The SMILES string of the molecule is COc1cc2c(c(OC)c1OC)-c1cccc(OC)c(=O)c1C(N)CC2. The predicted octanol–water partition coefficient (Wildman–Crippen LogP) is 2.69. The molecule has 3 rings (SSSR count). The topological polar surface area (TPSA) is 80.0 Å². The van der Waals surface area contributed by atoms with E-state index in [2.05, 4.69) is 0 Å². The van der Waals surface area contributed by atoms with Crippen molar-refractivity contribution in [3.8, 4) is 34.1 Å². The van der Waals surface area contributed by atoms with Crippen LogP contribution in [0.15, 0.2) is 29.1 Å². The Morgan fingerprint density at radius 2 is 1.65 bits per heavy atom. The van der Waals surface area contributed by atoms with Crippen molar-refractivity contribution in [2.45, 2.75) is 18.9 Å². The smallest absolute Gasteiger partial charge is 0.225 e. The van der Waals surface area contributed by atoms with Crippen molar-refractivity contribution in [1.82, 2.24) is 0 Å². The van der Waals surface area contributed by atoms with Crippen molar-refractivity contribution >= 4 is 0 Å². The summed E-state index contributed by atoms with van der Waals surface area (Å²) < 4.78 is 21.9. The van der Waals surface area contributed by atoms with Gasteiger partial charge in [0.1, 0.15) is 0 Å². The molecule has 138 valence electrons. The minimum Gasteiger partial charge on any atom is -0.493 e. The number of nitrogens with two attached hydrogens (primary N) is 1. The highest BCUT2D eigenvalue weighted by atomic mass is 16.5. The van der Waals surface area contributed by atoms with Crippen LogP contribution in [-0.4, -0.2) is 28.4 Å². The van der Waals surface area contributed by atoms with Crippen LogP contribution in [0.25, 0.3) is 11.1 Å². The molecule has 0 bridgehead atoms. The van der Waals surface area contributed by atoms with Gasteiger partial charge in [-0.15, -0.1) is 0 Å². The number of aryl methyl sites for hydroxylation is 1. The Hall–Kier alpha value is -2.73. The molecule has 0 aliphatic heterocycles. The molecule has 0 saturated carbocycles. The first kappa shape index (κ1) is 18.1. The fraction of sp³-hybridized carbons (Fsp3) is 0.350. The fourth-order valence-corrected chi connectivity index (χ4v) is 3.55. The normalized spacial score (nSPS) is 15.3. The summed E-state index contributed by atoms with van der Waals surface area (Å²) in [7, 11) is 6.20. The maximum absolute atomic E-state index is 13.0. The number of rotatable bonds is 4. The molecule has 0 saturated heterocycles. The van der Waals surface area contributed by atoms with Crippen LogP contribution in [-0.2, 0) is 6.42 Å². The number of hydrogen-bond donors (Lipinski definition) is 1. The molecule has 0 fully saturated rings. The monoisotopic (exact) mass is 357 g/mol. The number of benzene rings is 1. The van der Waals surface area contributed by atoms with E-state index in [1.807, 2.05) is 12.1 Å². The standard InChI is InChI=1S/C20H23NO5/c1-23-14-7-5-6-12-16-11(8-9-13(21)17(12)18(14)22)10-15(24-2)19(25-3)20(16)26-4/h5-7,10,13H,8-9,21H2,1-4H3. The zero-order chi connectivity index (χ0) is 18.8. The van der Waals surface area contributed by atoms with Gasteiger partial charge in [0.15, 0.2) is 17.2 Å². The lowest BCUT2D eigenvalue weighted by molar-refractivity contribution is 0.324. The van der Waals surface area contributed by atoms with Gasteiger partial charge in [-0.1, -0.05) is 12.1 Å². The van der Waals surface area contributed by atoms with Crippen LogP contribution in [0.2, 0.25) is 0 Å². The van der Waals surface area contributed by atoms with Gasteiger partial charge in [0.2, 0.25) is 11.2 Å². The molecule has 0 heterocycles. The van der Waals surface area contributed by atoms with Gasteiger partial charge in [0.05, 0.1) is 28.4 Å². The number of fused-ring (bicyclic) bond motifs is 3. The minimum absolute atomic E-state index is 0.204. The molecule has 6 nitrogen and oxygen atoms in total. The predicted molar refractivity (Wildman–Crippen MR) is 99.6 cm³/mol. The van der Waals surface area contributed by atoms with Crippen LogP contribution in [0, 0.1) is 0 Å².